The molecule has 0 fully saturated rings. The average Bonchev–Trinajstić information content (AvgIpc) is 2.84. The molecule has 0 radical (unpaired) electrons. The third kappa shape index (κ3) is 8.04. The Balaban J connectivity index is 1.56. The Hall–Kier alpha value is -3.51. The Kier molecular flexibility index (Phi) is 9.56. The van der Waals surface area contributed by atoms with E-state index >= 15 is 0 Å². The third-order valence-corrected chi connectivity index (χ3v) is 5.47. The maximum absolute atomic E-state index is 12.2. The van der Waals surface area contributed by atoms with Gasteiger partial charge < -0.3 is 14.2 Å². The van der Waals surface area contributed by atoms with Gasteiger partial charge in [0.15, 0.2) is 18.1 Å². The highest BCUT2D eigenvalue weighted by Crippen LogP contribution is 2.29. The summed E-state index contributed by atoms with van der Waals surface area (Å²) in [6.07, 6.45) is 1.55. The lowest BCUT2D eigenvalue weighted by Crippen LogP contribution is -2.24. The van der Waals surface area contributed by atoms with E-state index in [9.17, 15) is 4.79 Å². The van der Waals surface area contributed by atoms with E-state index in [1.807, 2.05) is 68.4 Å². The Labute approximate surface area is 211 Å². The molecule has 0 bridgehead atoms. The number of rotatable bonds is 11. The lowest BCUT2D eigenvalue weighted by molar-refractivity contribution is -0.123. The first-order valence-corrected chi connectivity index (χ1v) is 11.9. The summed E-state index contributed by atoms with van der Waals surface area (Å²) >= 11 is 5.94. The fourth-order valence-corrected chi connectivity index (χ4v) is 3.35. The highest BCUT2D eigenvalue weighted by molar-refractivity contribution is 6.30. The Morgan fingerprint density at radius 1 is 0.971 bits per heavy atom. The summed E-state index contributed by atoms with van der Waals surface area (Å²) in [5.41, 5.74) is 6.40. The summed E-state index contributed by atoms with van der Waals surface area (Å²) < 4.78 is 17.3. The number of hydrogen-bond acceptors (Lipinski definition) is 5. The molecule has 0 spiro atoms. The largest absolute Gasteiger partial charge is 0.490 e. The molecule has 0 atom stereocenters. The van der Waals surface area contributed by atoms with E-state index in [1.54, 1.807) is 6.21 Å². The maximum atomic E-state index is 12.2. The van der Waals surface area contributed by atoms with Crippen LogP contribution in [0.4, 0.5) is 0 Å². The van der Waals surface area contributed by atoms with E-state index in [0.29, 0.717) is 41.4 Å². The molecule has 0 aliphatic rings. The van der Waals surface area contributed by atoms with Crippen LogP contribution in [0, 0.1) is 6.92 Å². The molecule has 0 aliphatic heterocycles. The van der Waals surface area contributed by atoms with Crippen LogP contribution in [0.5, 0.6) is 17.2 Å². The van der Waals surface area contributed by atoms with Gasteiger partial charge in [0.1, 0.15) is 12.4 Å². The predicted molar refractivity (Wildman–Crippen MR) is 140 cm³/mol. The minimum atomic E-state index is -0.344. The average molecular weight is 495 g/mol. The highest BCUT2D eigenvalue weighted by Gasteiger charge is 2.09. The Morgan fingerprint density at radius 3 is 2.46 bits per heavy atom. The van der Waals surface area contributed by atoms with Crippen LogP contribution in [0.15, 0.2) is 65.8 Å². The first-order chi connectivity index (χ1) is 16.9. The molecule has 0 unspecified atom stereocenters. The number of halogens is 1. The second-order valence-electron chi connectivity index (χ2n) is 8.32. The first kappa shape index (κ1) is 26.1. The maximum Gasteiger partial charge on any atom is 0.277 e. The van der Waals surface area contributed by atoms with Gasteiger partial charge in [-0.15, -0.1) is 0 Å². The van der Waals surface area contributed by atoms with Crippen LogP contribution in [-0.4, -0.2) is 25.3 Å². The van der Waals surface area contributed by atoms with Crippen LogP contribution in [0.2, 0.25) is 5.02 Å². The zero-order valence-corrected chi connectivity index (χ0v) is 21.3. The van der Waals surface area contributed by atoms with Crippen LogP contribution in [0.1, 0.15) is 48.9 Å². The standard InChI is InChI=1S/C28H31ClN2O4/c1-5-33-27-14-22(9-13-25(27)34-17-21-7-11-24(29)12-8-21)16-30-31-28(32)18-35-26-15-23(19(2)3)10-6-20(26)4/h6-16,19H,5,17-18H2,1-4H3,(H,31,32)/b30-16+. The van der Waals surface area contributed by atoms with Crippen LogP contribution in [-0.2, 0) is 11.4 Å². The Bertz CT molecular complexity index is 1160. The molecule has 0 heterocycles. The quantitative estimate of drug-likeness (QED) is 0.251. The second-order valence-corrected chi connectivity index (χ2v) is 8.75. The van der Waals surface area contributed by atoms with Crippen LogP contribution >= 0.6 is 11.6 Å². The van der Waals surface area contributed by atoms with Gasteiger partial charge in [-0.1, -0.05) is 49.7 Å². The van der Waals surface area contributed by atoms with Crippen molar-refractivity contribution < 1.29 is 19.0 Å². The molecule has 7 heteroatoms. The van der Waals surface area contributed by atoms with Crippen molar-refractivity contribution in [2.24, 2.45) is 5.10 Å². The van der Waals surface area contributed by atoms with Gasteiger partial charge in [-0.3, -0.25) is 4.79 Å². The van der Waals surface area contributed by atoms with Crippen molar-refractivity contribution in [3.63, 3.8) is 0 Å². The molecular weight excluding hydrogens is 464 g/mol. The van der Waals surface area contributed by atoms with E-state index in [4.69, 9.17) is 25.8 Å². The predicted octanol–water partition coefficient (Wildman–Crippen LogP) is 6.28. The van der Waals surface area contributed by atoms with Gasteiger partial charge in [-0.05, 0) is 78.4 Å². The van der Waals surface area contributed by atoms with Crippen LogP contribution in [0.3, 0.4) is 0 Å². The molecule has 6 nitrogen and oxygen atoms in total. The number of aryl methyl sites for hydroxylation is 1. The molecule has 1 amide bonds. The van der Waals surface area contributed by atoms with Gasteiger partial charge in [0.2, 0.25) is 0 Å². The molecule has 184 valence electrons. The SMILES string of the molecule is CCOc1cc(/C=N/NC(=O)COc2cc(C(C)C)ccc2C)ccc1OCc1ccc(Cl)cc1. The van der Waals surface area contributed by atoms with E-state index in [-0.39, 0.29) is 12.5 Å². The van der Waals surface area contributed by atoms with E-state index < -0.39 is 0 Å². The summed E-state index contributed by atoms with van der Waals surface area (Å²) in [4.78, 5) is 12.2. The van der Waals surface area contributed by atoms with Crippen LogP contribution < -0.4 is 19.6 Å². The smallest absolute Gasteiger partial charge is 0.277 e. The number of nitrogens with zero attached hydrogens (tertiary/aromatic N) is 1. The van der Waals surface area contributed by atoms with Crippen molar-refractivity contribution in [2.75, 3.05) is 13.2 Å². The number of ether oxygens (including phenoxy) is 3. The zero-order chi connectivity index (χ0) is 25.2. The third-order valence-electron chi connectivity index (χ3n) is 5.22. The van der Waals surface area contributed by atoms with Gasteiger partial charge in [0.05, 0.1) is 12.8 Å². The summed E-state index contributed by atoms with van der Waals surface area (Å²) in [7, 11) is 0. The van der Waals surface area contributed by atoms with E-state index in [0.717, 1.165) is 22.3 Å². The van der Waals surface area contributed by atoms with Crippen molar-refractivity contribution in [1.82, 2.24) is 5.43 Å². The summed E-state index contributed by atoms with van der Waals surface area (Å²) in [6.45, 7) is 8.85. The van der Waals surface area contributed by atoms with Crippen molar-refractivity contribution in [2.45, 2.75) is 40.2 Å². The Morgan fingerprint density at radius 2 is 1.74 bits per heavy atom. The van der Waals surface area contributed by atoms with Gasteiger partial charge in [0.25, 0.3) is 5.91 Å². The minimum Gasteiger partial charge on any atom is -0.490 e. The van der Waals surface area contributed by atoms with Gasteiger partial charge in [0, 0.05) is 5.02 Å². The molecule has 0 aliphatic carbocycles. The minimum absolute atomic E-state index is 0.124. The van der Waals surface area contributed by atoms with Gasteiger partial charge in [-0.2, -0.15) is 5.10 Å². The fourth-order valence-electron chi connectivity index (χ4n) is 3.22. The van der Waals surface area contributed by atoms with E-state index in [1.165, 1.54) is 0 Å². The van der Waals surface area contributed by atoms with E-state index in [2.05, 4.69) is 30.4 Å². The molecule has 3 aromatic rings. The number of carbonyl (C=O) groups is 1. The normalized spacial score (nSPS) is 11.0. The number of nitrogens with one attached hydrogen (secondary N) is 1. The number of carbonyl (C=O) groups excluding carboxylic acids is 1. The number of benzene rings is 3. The fraction of sp³-hybridized carbons (Fsp3) is 0.286. The number of hydrazone groups is 1. The zero-order valence-electron chi connectivity index (χ0n) is 20.5. The molecule has 1 N–H and O–H groups in total. The number of hydrogen-bond donors (Lipinski definition) is 1. The summed E-state index contributed by atoms with van der Waals surface area (Å²) in [5.74, 6) is 1.96. The lowest BCUT2D eigenvalue weighted by Gasteiger charge is -2.13. The second kappa shape index (κ2) is 12.8. The van der Waals surface area contributed by atoms with Gasteiger partial charge >= 0.3 is 0 Å². The molecule has 0 aromatic heterocycles. The topological polar surface area (TPSA) is 69.2 Å². The number of amides is 1. The van der Waals surface area contributed by atoms with Crippen LogP contribution in [0.25, 0.3) is 0 Å². The summed E-state index contributed by atoms with van der Waals surface area (Å²) in [5, 5.41) is 4.72. The lowest BCUT2D eigenvalue weighted by atomic mass is 10.0. The molecule has 0 saturated carbocycles. The van der Waals surface area contributed by atoms with Crippen molar-refractivity contribution >= 4 is 23.7 Å². The highest BCUT2D eigenvalue weighted by atomic mass is 35.5. The monoisotopic (exact) mass is 494 g/mol. The van der Waals surface area contributed by atoms with Crippen molar-refractivity contribution in [3.8, 4) is 17.2 Å². The molecule has 3 aromatic carbocycles. The molecule has 0 saturated heterocycles. The first-order valence-electron chi connectivity index (χ1n) is 11.5. The van der Waals surface area contributed by atoms with Crippen molar-refractivity contribution in [3.05, 3.63) is 87.9 Å². The van der Waals surface area contributed by atoms with Gasteiger partial charge in [-0.25, -0.2) is 5.43 Å². The molecular formula is C28H31ClN2O4. The molecule has 35 heavy (non-hydrogen) atoms. The molecule has 3 rings (SSSR count). The van der Waals surface area contributed by atoms with Crippen molar-refractivity contribution in [1.29, 1.82) is 0 Å². The summed E-state index contributed by atoms with van der Waals surface area (Å²) in [6, 6.07) is 19.0.